The Hall–Kier alpha value is -2.42. The number of likely N-dealkylation sites (tertiary alicyclic amines) is 1. The van der Waals surface area contributed by atoms with Crippen molar-refractivity contribution in [3.8, 4) is 6.07 Å². The molecule has 0 unspecified atom stereocenters. The second-order valence-electron chi connectivity index (χ2n) is 6.42. The molecule has 1 aliphatic heterocycles. The fourth-order valence-corrected chi connectivity index (χ4v) is 3.38. The van der Waals surface area contributed by atoms with Gasteiger partial charge in [0.2, 0.25) is 0 Å². The second kappa shape index (κ2) is 8.79. The van der Waals surface area contributed by atoms with Gasteiger partial charge in [-0.1, -0.05) is 30.2 Å². The molecule has 0 spiro atoms. The van der Waals surface area contributed by atoms with Crippen LogP contribution in [0.15, 0.2) is 42.6 Å². The largest absolute Gasteiger partial charge is 0.350 e. The third-order valence-corrected chi connectivity index (χ3v) is 4.93. The van der Waals surface area contributed by atoms with Crippen molar-refractivity contribution in [3.63, 3.8) is 0 Å². The number of carbonyl (C=O) groups excluding carboxylic acids is 1. The van der Waals surface area contributed by atoms with Gasteiger partial charge in [0.25, 0.3) is 5.91 Å². The van der Waals surface area contributed by atoms with Gasteiger partial charge >= 0.3 is 0 Å². The first-order chi connectivity index (χ1) is 12.7. The van der Waals surface area contributed by atoms with E-state index in [4.69, 9.17) is 16.9 Å². The predicted molar refractivity (Wildman–Crippen MR) is 101 cm³/mol. The Bertz CT molecular complexity index is 777. The van der Waals surface area contributed by atoms with E-state index in [9.17, 15) is 4.79 Å². The first-order valence-corrected chi connectivity index (χ1v) is 9.19. The number of nitriles is 1. The fourth-order valence-electron chi connectivity index (χ4n) is 3.26. The first-order valence-electron chi connectivity index (χ1n) is 8.81. The lowest BCUT2D eigenvalue weighted by atomic mass is 10.0. The zero-order valence-corrected chi connectivity index (χ0v) is 15.2. The van der Waals surface area contributed by atoms with Crippen LogP contribution in [0.5, 0.6) is 0 Å². The molecule has 0 radical (unpaired) electrons. The van der Waals surface area contributed by atoms with Crippen LogP contribution < -0.4 is 5.32 Å². The third kappa shape index (κ3) is 4.60. The number of halogens is 1. The SMILES string of the molecule is N#Cc1ccc(C(=O)NC[C@@H](c2ccc(Cl)cc2)N2CCCCC2)cn1. The van der Waals surface area contributed by atoms with Crippen LogP contribution in [-0.2, 0) is 0 Å². The second-order valence-corrected chi connectivity index (χ2v) is 6.85. The van der Waals surface area contributed by atoms with Gasteiger partial charge in [-0.05, 0) is 55.8 Å². The molecule has 134 valence electrons. The number of nitrogens with one attached hydrogen (secondary N) is 1. The average Bonchev–Trinajstić information content (AvgIpc) is 2.70. The summed E-state index contributed by atoms with van der Waals surface area (Å²) in [6, 6.07) is 13.1. The Morgan fingerprint density at radius 2 is 1.92 bits per heavy atom. The van der Waals surface area contributed by atoms with E-state index < -0.39 is 0 Å². The van der Waals surface area contributed by atoms with Crippen LogP contribution in [0.1, 0.15) is 46.9 Å². The van der Waals surface area contributed by atoms with Gasteiger partial charge in [0, 0.05) is 17.8 Å². The van der Waals surface area contributed by atoms with Gasteiger partial charge in [-0.25, -0.2) is 4.98 Å². The molecule has 1 aliphatic rings. The van der Waals surface area contributed by atoms with Crippen molar-refractivity contribution in [2.75, 3.05) is 19.6 Å². The highest BCUT2D eigenvalue weighted by atomic mass is 35.5. The maximum atomic E-state index is 12.4. The van der Waals surface area contributed by atoms with Gasteiger partial charge in [0.05, 0.1) is 11.6 Å². The highest BCUT2D eigenvalue weighted by Gasteiger charge is 2.23. The van der Waals surface area contributed by atoms with E-state index in [0.29, 0.717) is 22.8 Å². The Morgan fingerprint density at radius 3 is 2.54 bits per heavy atom. The lowest BCUT2D eigenvalue weighted by molar-refractivity contribution is 0.0924. The summed E-state index contributed by atoms with van der Waals surface area (Å²) in [5, 5.41) is 12.5. The van der Waals surface area contributed by atoms with Crippen LogP contribution in [0.4, 0.5) is 0 Å². The highest BCUT2D eigenvalue weighted by molar-refractivity contribution is 6.30. The average molecular weight is 369 g/mol. The molecule has 1 saturated heterocycles. The van der Waals surface area contributed by atoms with Crippen LogP contribution in [0.25, 0.3) is 0 Å². The molecule has 26 heavy (non-hydrogen) atoms. The van der Waals surface area contributed by atoms with E-state index in [1.54, 1.807) is 12.1 Å². The molecule has 2 heterocycles. The predicted octanol–water partition coefficient (Wildman–Crippen LogP) is 3.56. The number of rotatable bonds is 5. The molecule has 2 aromatic rings. The fraction of sp³-hybridized carbons (Fsp3) is 0.350. The third-order valence-electron chi connectivity index (χ3n) is 4.68. The minimum Gasteiger partial charge on any atom is -0.350 e. The molecule has 1 fully saturated rings. The molecule has 3 rings (SSSR count). The van der Waals surface area contributed by atoms with Crippen LogP contribution in [0.3, 0.4) is 0 Å². The van der Waals surface area contributed by atoms with Gasteiger partial charge in [-0.2, -0.15) is 5.26 Å². The summed E-state index contributed by atoms with van der Waals surface area (Å²) in [6.07, 6.45) is 5.05. The van der Waals surface area contributed by atoms with Gasteiger partial charge < -0.3 is 5.32 Å². The summed E-state index contributed by atoms with van der Waals surface area (Å²) < 4.78 is 0. The summed E-state index contributed by atoms with van der Waals surface area (Å²) in [5.41, 5.74) is 1.90. The highest BCUT2D eigenvalue weighted by Crippen LogP contribution is 2.25. The van der Waals surface area contributed by atoms with E-state index in [1.807, 2.05) is 30.3 Å². The number of aromatic nitrogens is 1. The van der Waals surface area contributed by atoms with Crippen molar-refractivity contribution < 1.29 is 4.79 Å². The van der Waals surface area contributed by atoms with Gasteiger partial charge in [-0.15, -0.1) is 0 Å². The number of hydrogen-bond acceptors (Lipinski definition) is 4. The smallest absolute Gasteiger partial charge is 0.252 e. The van der Waals surface area contributed by atoms with Gasteiger partial charge in [0.1, 0.15) is 11.8 Å². The number of piperidine rings is 1. The summed E-state index contributed by atoms with van der Waals surface area (Å²) in [6.45, 7) is 2.57. The molecule has 6 heteroatoms. The van der Waals surface area contributed by atoms with Gasteiger partial charge in [0.15, 0.2) is 0 Å². The number of benzene rings is 1. The van der Waals surface area contributed by atoms with Crippen molar-refractivity contribution in [3.05, 3.63) is 64.4 Å². The molecule has 5 nitrogen and oxygen atoms in total. The molecular weight excluding hydrogens is 348 g/mol. The zero-order valence-electron chi connectivity index (χ0n) is 14.5. The molecule has 1 aromatic heterocycles. The molecule has 1 N–H and O–H groups in total. The van der Waals surface area contributed by atoms with E-state index in [-0.39, 0.29) is 11.9 Å². The van der Waals surface area contributed by atoms with E-state index in [1.165, 1.54) is 25.5 Å². The summed E-state index contributed by atoms with van der Waals surface area (Å²) >= 11 is 6.02. The zero-order chi connectivity index (χ0) is 18.4. The van der Waals surface area contributed by atoms with Crippen molar-refractivity contribution in [1.82, 2.24) is 15.2 Å². The standard InChI is InChI=1S/C20H21ClN4O/c21-17-7-4-15(5-8-17)19(25-10-2-1-3-11-25)14-24-20(26)16-6-9-18(12-22)23-13-16/h4-9,13,19H,1-3,10-11,14H2,(H,24,26)/t19-/m0/s1. The van der Waals surface area contributed by atoms with Crippen LogP contribution in [0.2, 0.25) is 5.02 Å². The quantitative estimate of drug-likeness (QED) is 0.876. The first kappa shape index (κ1) is 18.4. The molecule has 0 bridgehead atoms. The molecular formula is C20H21ClN4O. The Balaban J connectivity index is 1.71. The minimum absolute atomic E-state index is 0.114. The van der Waals surface area contributed by atoms with Crippen molar-refractivity contribution in [2.24, 2.45) is 0 Å². The minimum atomic E-state index is -0.182. The van der Waals surface area contributed by atoms with Crippen molar-refractivity contribution in [2.45, 2.75) is 25.3 Å². The number of nitrogens with zero attached hydrogens (tertiary/aromatic N) is 3. The van der Waals surface area contributed by atoms with Gasteiger partial charge in [-0.3, -0.25) is 9.69 Å². The number of amides is 1. The Morgan fingerprint density at radius 1 is 1.19 bits per heavy atom. The lowest BCUT2D eigenvalue weighted by Gasteiger charge is -2.35. The maximum Gasteiger partial charge on any atom is 0.252 e. The van der Waals surface area contributed by atoms with E-state index >= 15 is 0 Å². The summed E-state index contributed by atoms with van der Waals surface area (Å²) in [4.78, 5) is 18.8. The summed E-state index contributed by atoms with van der Waals surface area (Å²) in [5.74, 6) is -0.182. The number of pyridine rings is 1. The molecule has 0 saturated carbocycles. The topological polar surface area (TPSA) is 69.0 Å². The summed E-state index contributed by atoms with van der Waals surface area (Å²) in [7, 11) is 0. The number of hydrogen-bond donors (Lipinski definition) is 1. The Labute approximate surface area is 158 Å². The molecule has 0 aliphatic carbocycles. The van der Waals surface area contributed by atoms with Crippen molar-refractivity contribution in [1.29, 1.82) is 5.26 Å². The van der Waals surface area contributed by atoms with E-state index in [2.05, 4.69) is 15.2 Å². The molecule has 1 amide bonds. The lowest BCUT2D eigenvalue weighted by Crippen LogP contribution is -2.40. The van der Waals surface area contributed by atoms with Crippen LogP contribution >= 0.6 is 11.6 Å². The Kier molecular flexibility index (Phi) is 6.21. The number of carbonyl (C=O) groups is 1. The monoisotopic (exact) mass is 368 g/mol. The maximum absolute atomic E-state index is 12.4. The van der Waals surface area contributed by atoms with Crippen LogP contribution in [0, 0.1) is 11.3 Å². The molecule has 1 aromatic carbocycles. The van der Waals surface area contributed by atoms with Crippen molar-refractivity contribution >= 4 is 17.5 Å². The van der Waals surface area contributed by atoms with Crippen LogP contribution in [-0.4, -0.2) is 35.4 Å². The van der Waals surface area contributed by atoms with E-state index in [0.717, 1.165) is 18.7 Å². The molecule has 1 atom stereocenters. The normalized spacial score (nSPS) is 15.8.